The molecule has 0 atom stereocenters. The minimum absolute atomic E-state index is 0. The summed E-state index contributed by atoms with van der Waals surface area (Å²) in [6.45, 7) is 20.8. The van der Waals surface area contributed by atoms with Crippen molar-refractivity contribution in [1.82, 2.24) is 14.5 Å². The summed E-state index contributed by atoms with van der Waals surface area (Å²) in [5.41, 5.74) is 12.8. The zero-order chi connectivity index (χ0) is 43.0. The fraction of sp³-hybridized carbons (Fsp3) is 0.236. The summed E-state index contributed by atoms with van der Waals surface area (Å²) in [5.74, 6) is 1.88. The summed E-state index contributed by atoms with van der Waals surface area (Å²) in [7, 11) is -1.34. The number of imidazole rings is 1. The molecule has 62 heavy (non-hydrogen) atoms. The van der Waals surface area contributed by atoms with E-state index in [4.69, 9.17) is 4.98 Å². The zero-order valence-corrected chi connectivity index (χ0v) is 41.3. The fourth-order valence-corrected chi connectivity index (χ4v) is 11.2. The van der Waals surface area contributed by atoms with Gasteiger partial charge in [-0.1, -0.05) is 132 Å². The van der Waals surface area contributed by atoms with Gasteiger partial charge in [0.15, 0.2) is 0 Å². The second-order valence-corrected chi connectivity index (χ2v) is 24.2. The number of thiophene rings is 1. The summed E-state index contributed by atoms with van der Waals surface area (Å²) in [4.78, 5) is 9.93. The van der Waals surface area contributed by atoms with Crippen LogP contribution in [0.3, 0.4) is 0 Å². The quantitative estimate of drug-likeness (QED) is 0.107. The van der Waals surface area contributed by atoms with Crippen molar-refractivity contribution < 1.29 is 24.5 Å². The van der Waals surface area contributed by atoms with Crippen molar-refractivity contribution in [2.45, 2.75) is 79.4 Å². The Kier molecular flexibility index (Phi) is 13.6. The number of aromatic nitrogens is 3. The van der Waals surface area contributed by atoms with Crippen LogP contribution >= 0.6 is 11.3 Å². The first-order valence-corrected chi connectivity index (χ1v) is 25.8. The number of nitrogens with zero attached hydrogens (tertiary/aromatic N) is 3. The van der Waals surface area contributed by atoms with Gasteiger partial charge in [-0.25, -0.2) is 4.39 Å². The molecule has 0 unspecified atom stereocenters. The Morgan fingerprint density at radius 3 is 2.06 bits per heavy atom. The number of hydrogen-bond donors (Lipinski definition) is 0. The molecule has 0 N–H and O–H groups in total. The molecule has 0 bridgehead atoms. The van der Waals surface area contributed by atoms with Gasteiger partial charge in [0.2, 0.25) is 0 Å². The predicted molar refractivity (Wildman–Crippen MR) is 262 cm³/mol. The van der Waals surface area contributed by atoms with Gasteiger partial charge in [-0.3, -0.25) is 4.98 Å². The van der Waals surface area contributed by atoms with Crippen LogP contribution in [0, 0.1) is 23.9 Å². The molecule has 3 aromatic heterocycles. The van der Waals surface area contributed by atoms with Crippen LogP contribution in [0.25, 0.3) is 70.7 Å². The number of fused-ring (bicyclic) bond motifs is 4. The number of pyridine rings is 1. The average Bonchev–Trinajstić information content (AvgIpc) is 3.81. The molecule has 7 heteroatoms. The van der Waals surface area contributed by atoms with E-state index in [9.17, 15) is 4.39 Å². The van der Waals surface area contributed by atoms with Gasteiger partial charge < -0.3 is 9.55 Å². The van der Waals surface area contributed by atoms with Crippen LogP contribution in [0.1, 0.15) is 70.1 Å². The molecule has 1 radical (unpaired) electrons. The molecule has 0 aliphatic rings. The van der Waals surface area contributed by atoms with Crippen LogP contribution in [0.5, 0.6) is 0 Å². The molecule has 0 aliphatic heterocycles. The van der Waals surface area contributed by atoms with Crippen LogP contribution in [0.4, 0.5) is 4.39 Å². The topological polar surface area (TPSA) is 30.7 Å². The Balaban J connectivity index is 0.000000233. The summed E-state index contributed by atoms with van der Waals surface area (Å²) in [5, 5.41) is 3.65. The van der Waals surface area contributed by atoms with E-state index >= 15 is 0 Å². The van der Waals surface area contributed by atoms with Crippen molar-refractivity contribution in [3.63, 3.8) is 0 Å². The largest absolute Gasteiger partial charge is 0.333 e. The van der Waals surface area contributed by atoms with Crippen molar-refractivity contribution in [2.75, 3.05) is 0 Å². The van der Waals surface area contributed by atoms with Crippen LogP contribution in [-0.2, 0) is 26.5 Å². The van der Waals surface area contributed by atoms with Gasteiger partial charge in [0.25, 0.3) is 0 Å². The summed E-state index contributed by atoms with van der Waals surface area (Å²) in [6.07, 6.45) is 3.24. The molecule has 317 valence electrons. The third-order valence-electron chi connectivity index (χ3n) is 11.3. The van der Waals surface area contributed by atoms with E-state index in [0.717, 1.165) is 60.3 Å². The SMILES string of the molecule is CC(C)Cc1cc(-c2[c-]cccc2)ncc1[Si](C)(C)C.CC(C)c1cc(-c2ccccc2)cc(C(C)C)c1-n1c(-c2[c-]ccc3c2sc2cc(F)ccc23)nc2ccccc21.[Ir]. The minimum Gasteiger partial charge on any atom is -0.333 e. The Bertz CT molecular complexity index is 2950. The van der Waals surface area contributed by atoms with Gasteiger partial charge in [-0.05, 0) is 104 Å². The molecule has 0 saturated heterocycles. The monoisotopic (exact) mass is 1030 g/mol. The molecular formula is C55H54FIrN3SSi-2. The number of benzene rings is 6. The molecule has 0 saturated carbocycles. The van der Waals surface area contributed by atoms with E-state index < -0.39 is 8.07 Å². The molecule has 0 fully saturated rings. The molecule has 9 aromatic rings. The minimum atomic E-state index is -1.34. The van der Waals surface area contributed by atoms with E-state index in [1.165, 1.54) is 44.8 Å². The summed E-state index contributed by atoms with van der Waals surface area (Å²) in [6, 6.07) is 50.0. The second-order valence-electron chi connectivity index (χ2n) is 18.1. The van der Waals surface area contributed by atoms with E-state index in [1.807, 2.05) is 36.4 Å². The Hall–Kier alpha value is -5.04. The summed E-state index contributed by atoms with van der Waals surface area (Å²) >= 11 is 1.61. The van der Waals surface area contributed by atoms with Crippen molar-refractivity contribution in [1.29, 1.82) is 0 Å². The summed E-state index contributed by atoms with van der Waals surface area (Å²) < 4.78 is 18.5. The van der Waals surface area contributed by atoms with E-state index in [0.29, 0.717) is 5.92 Å². The first-order valence-electron chi connectivity index (χ1n) is 21.5. The van der Waals surface area contributed by atoms with Crippen molar-refractivity contribution in [3.05, 3.63) is 168 Å². The molecule has 6 aromatic carbocycles. The fourth-order valence-electron chi connectivity index (χ4n) is 8.40. The molecular weight excluding hydrogens is 974 g/mol. The molecule has 3 heterocycles. The van der Waals surface area contributed by atoms with Gasteiger partial charge in [0.05, 0.1) is 24.9 Å². The van der Waals surface area contributed by atoms with Crippen LogP contribution in [0.15, 0.2) is 134 Å². The second kappa shape index (κ2) is 18.7. The van der Waals surface area contributed by atoms with Crippen LogP contribution < -0.4 is 5.19 Å². The number of rotatable bonds is 9. The predicted octanol–water partition coefficient (Wildman–Crippen LogP) is 15.2. The Labute approximate surface area is 385 Å². The normalized spacial score (nSPS) is 11.8. The molecule has 9 rings (SSSR count). The number of para-hydroxylation sites is 2. The molecule has 0 aliphatic carbocycles. The standard InChI is InChI=1S/C37H30FN2S.C18H24NSi.Ir/c1-22(2)30-19-25(24-11-6-5-7-12-24)20-31(23(3)4)35(30)40-33-16-9-8-15-32(33)39-37(40)29-14-10-13-28-27-18-17-26(38)21-34(27)41-36(28)29;1-14(2)11-16-12-17(15-9-7-6-8-10-15)19-13-18(16)20(3,4)5;/h5-13,15-23H,1-4H3;6-9,12-14H,11H2,1-5H3;/q2*-1;. The third-order valence-corrected chi connectivity index (χ3v) is 14.6. The van der Waals surface area contributed by atoms with Crippen molar-refractivity contribution in [3.8, 4) is 39.5 Å². The Morgan fingerprint density at radius 2 is 1.40 bits per heavy atom. The van der Waals surface area contributed by atoms with Crippen LogP contribution in [-0.4, -0.2) is 22.6 Å². The van der Waals surface area contributed by atoms with Crippen molar-refractivity contribution in [2.24, 2.45) is 5.92 Å². The average molecular weight is 1030 g/mol. The smallest absolute Gasteiger partial charge is 0.124 e. The van der Waals surface area contributed by atoms with E-state index in [1.54, 1.807) is 17.4 Å². The van der Waals surface area contributed by atoms with Crippen molar-refractivity contribution >= 4 is 55.8 Å². The maximum atomic E-state index is 14.2. The van der Waals surface area contributed by atoms with Crippen LogP contribution in [0.2, 0.25) is 19.6 Å². The zero-order valence-electron chi connectivity index (χ0n) is 37.1. The van der Waals surface area contributed by atoms with Gasteiger partial charge in [0, 0.05) is 36.7 Å². The van der Waals surface area contributed by atoms with E-state index in [-0.39, 0.29) is 37.8 Å². The number of hydrogen-bond acceptors (Lipinski definition) is 3. The molecule has 0 amide bonds. The van der Waals surface area contributed by atoms with E-state index in [2.05, 4.69) is 168 Å². The van der Waals surface area contributed by atoms with Gasteiger partial charge in [-0.2, -0.15) is 11.3 Å². The van der Waals surface area contributed by atoms with Gasteiger partial charge >= 0.3 is 0 Å². The molecule has 3 nitrogen and oxygen atoms in total. The third kappa shape index (κ3) is 9.19. The maximum absolute atomic E-state index is 14.2. The first kappa shape index (κ1) is 45.0. The first-order chi connectivity index (χ1) is 29.3. The van der Waals surface area contributed by atoms with Gasteiger partial charge in [-0.15, -0.1) is 54.1 Å². The Morgan fingerprint density at radius 1 is 0.710 bits per heavy atom. The molecule has 0 spiro atoms. The number of halogens is 1. The maximum Gasteiger partial charge on any atom is 0.124 e. The van der Waals surface area contributed by atoms with Gasteiger partial charge in [0.1, 0.15) is 5.82 Å².